The summed E-state index contributed by atoms with van der Waals surface area (Å²) >= 11 is 1.28. The summed E-state index contributed by atoms with van der Waals surface area (Å²) in [7, 11) is 1.80. The highest BCUT2D eigenvalue weighted by molar-refractivity contribution is 8.00. The molecule has 0 aromatic carbocycles. The second-order valence-corrected chi connectivity index (χ2v) is 6.00. The number of carbonyl (C=O) groups excluding carboxylic acids is 2. The molecule has 110 valence electrons. The molecule has 0 aliphatic carbocycles. The van der Waals surface area contributed by atoms with Crippen molar-refractivity contribution in [3.05, 3.63) is 5.82 Å². The van der Waals surface area contributed by atoms with Gasteiger partial charge in [0.15, 0.2) is 5.16 Å². The molecule has 1 aliphatic heterocycles. The lowest BCUT2D eigenvalue weighted by atomic mass is 10.2. The van der Waals surface area contributed by atoms with Crippen molar-refractivity contribution in [1.82, 2.24) is 19.7 Å². The van der Waals surface area contributed by atoms with E-state index >= 15 is 0 Å². The summed E-state index contributed by atoms with van der Waals surface area (Å²) in [5.74, 6) is 0.415. The average molecular weight is 297 g/mol. The molecule has 7 nitrogen and oxygen atoms in total. The summed E-state index contributed by atoms with van der Waals surface area (Å²) in [6, 6.07) is -0.0558. The minimum atomic E-state index is -0.412. The number of nitrogens with two attached hydrogens (primary N) is 1. The maximum Gasteiger partial charge on any atom is 0.243 e. The normalized spacial score (nSPS) is 20.8. The number of thioether (sulfide) groups is 1. The van der Waals surface area contributed by atoms with Crippen LogP contribution in [0.4, 0.5) is 0 Å². The Morgan fingerprint density at radius 3 is 2.70 bits per heavy atom. The van der Waals surface area contributed by atoms with Crippen molar-refractivity contribution >= 4 is 23.6 Å². The van der Waals surface area contributed by atoms with Crippen molar-refractivity contribution in [2.24, 2.45) is 12.8 Å². The molecule has 1 saturated heterocycles. The van der Waals surface area contributed by atoms with Gasteiger partial charge in [-0.1, -0.05) is 18.7 Å². The van der Waals surface area contributed by atoms with E-state index in [9.17, 15) is 9.59 Å². The second-order valence-electron chi connectivity index (χ2n) is 4.83. The van der Waals surface area contributed by atoms with Crippen LogP contribution in [0, 0.1) is 0 Å². The molecule has 0 radical (unpaired) electrons. The Morgan fingerprint density at radius 1 is 1.45 bits per heavy atom. The number of rotatable bonds is 5. The predicted molar refractivity (Wildman–Crippen MR) is 74.8 cm³/mol. The number of carbonyl (C=O) groups is 2. The van der Waals surface area contributed by atoms with Gasteiger partial charge in [-0.05, 0) is 13.3 Å². The lowest BCUT2D eigenvalue weighted by molar-refractivity contribution is -0.140. The molecule has 2 unspecified atom stereocenters. The molecular formula is C12H19N5O2S. The Morgan fingerprint density at radius 2 is 2.15 bits per heavy atom. The van der Waals surface area contributed by atoms with Gasteiger partial charge in [-0.15, -0.1) is 10.2 Å². The van der Waals surface area contributed by atoms with Gasteiger partial charge >= 0.3 is 0 Å². The van der Waals surface area contributed by atoms with Crippen LogP contribution in [-0.4, -0.2) is 42.8 Å². The smallest absolute Gasteiger partial charge is 0.243 e. The number of likely N-dealkylation sites (tertiary alicyclic amines) is 1. The SMILES string of the molecule is CCC(C)N1C(=O)CC(Sc2nnc(CN)n2C)C1=O. The van der Waals surface area contributed by atoms with Crippen molar-refractivity contribution in [2.75, 3.05) is 0 Å². The maximum atomic E-state index is 12.3. The molecule has 20 heavy (non-hydrogen) atoms. The van der Waals surface area contributed by atoms with E-state index in [1.165, 1.54) is 16.7 Å². The highest BCUT2D eigenvalue weighted by Crippen LogP contribution is 2.31. The molecule has 0 bridgehead atoms. The van der Waals surface area contributed by atoms with Crippen molar-refractivity contribution in [3.63, 3.8) is 0 Å². The molecule has 2 rings (SSSR count). The van der Waals surface area contributed by atoms with Crippen LogP contribution in [-0.2, 0) is 23.2 Å². The van der Waals surface area contributed by atoms with E-state index in [4.69, 9.17) is 5.73 Å². The summed E-state index contributed by atoms with van der Waals surface area (Å²) in [5.41, 5.74) is 5.54. The minimum Gasteiger partial charge on any atom is -0.324 e. The van der Waals surface area contributed by atoms with E-state index in [0.717, 1.165) is 6.42 Å². The molecule has 2 N–H and O–H groups in total. The maximum absolute atomic E-state index is 12.3. The van der Waals surface area contributed by atoms with Crippen molar-refractivity contribution in [2.45, 2.75) is 49.7 Å². The largest absolute Gasteiger partial charge is 0.324 e. The van der Waals surface area contributed by atoms with Crippen molar-refractivity contribution < 1.29 is 9.59 Å². The van der Waals surface area contributed by atoms with E-state index < -0.39 is 5.25 Å². The standard InChI is InChI=1S/C12H19N5O2S/c1-4-7(2)17-10(18)5-8(11(17)19)20-12-15-14-9(6-13)16(12)3/h7-8H,4-6,13H2,1-3H3. The van der Waals surface area contributed by atoms with Crippen LogP contribution < -0.4 is 5.73 Å². The summed E-state index contributed by atoms with van der Waals surface area (Å²) in [6.07, 6.45) is 0.981. The van der Waals surface area contributed by atoms with Crippen LogP contribution in [0.3, 0.4) is 0 Å². The van der Waals surface area contributed by atoms with Crippen LogP contribution in [0.2, 0.25) is 0 Å². The van der Waals surface area contributed by atoms with Gasteiger partial charge in [0.25, 0.3) is 0 Å². The monoisotopic (exact) mass is 297 g/mol. The van der Waals surface area contributed by atoms with Crippen LogP contribution in [0.1, 0.15) is 32.5 Å². The van der Waals surface area contributed by atoms with Gasteiger partial charge in [0.05, 0.1) is 6.54 Å². The highest BCUT2D eigenvalue weighted by Gasteiger charge is 2.41. The van der Waals surface area contributed by atoms with Crippen molar-refractivity contribution in [3.8, 4) is 0 Å². The topological polar surface area (TPSA) is 94.1 Å². The zero-order chi connectivity index (χ0) is 14.9. The van der Waals surface area contributed by atoms with Crippen LogP contribution in [0.15, 0.2) is 5.16 Å². The number of amides is 2. The molecular weight excluding hydrogens is 278 g/mol. The number of nitrogens with zero attached hydrogens (tertiary/aromatic N) is 4. The molecule has 1 fully saturated rings. The van der Waals surface area contributed by atoms with Crippen LogP contribution >= 0.6 is 11.8 Å². The van der Waals surface area contributed by atoms with Crippen LogP contribution in [0.25, 0.3) is 0 Å². The minimum absolute atomic E-state index is 0.0558. The highest BCUT2D eigenvalue weighted by atomic mass is 32.2. The third kappa shape index (κ3) is 2.57. The van der Waals surface area contributed by atoms with E-state index in [1.807, 2.05) is 13.8 Å². The summed E-state index contributed by atoms with van der Waals surface area (Å²) < 4.78 is 1.76. The first-order valence-electron chi connectivity index (χ1n) is 6.60. The van der Waals surface area contributed by atoms with Gasteiger partial charge in [-0.2, -0.15) is 0 Å². The Kier molecular flexibility index (Phi) is 4.44. The summed E-state index contributed by atoms with van der Waals surface area (Å²) in [4.78, 5) is 25.6. The molecule has 0 saturated carbocycles. The van der Waals surface area contributed by atoms with E-state index in [-0.39, 0.29) is 24.3 Å². The summed E-state index contributed by atoms with van der Waals surface area (Å²) in [6.45, 7) is 4.14. The first-order chi connectivity index (χ1) is 9.49. The van der Waals surface area contributed by atoms with Crippen molar-refractivity contribution in [1.29, 1.82) is 0 Å². The van der Waals surface area contributed by atoms with Gasteiger partial charge < -0.3 is 10.3 Å². The zero-order valence-corrected chi connectivity index (χ0v) is 12.7. The van der Waals surface area contributed by atoms with Gasteiger partial charge in [-0.3, -0.25) is 14.5 Å². The van der Waals surface area contributed by atoms with E-state index in [1.54, 1.807) is 11.6 Å². The predicted octanol–water partition coefficient (Wildman–Crippen LogP) is 0.292. The molecule has 0 spiro atoms. The number of imide groups is 1. The number of hydrogen-bond acceptors (Lipinski definition) is 6. The van der Waals surface area contributed by atoms with Gasteiger partial charge in [0.1, 0.15) is 11.1 Å². The molecule has 1 aromatic rings. The molecule has 2 amide bonds. The number of aromatic nitrogens is 3. The van der Waals surface area contributed by atoms with E-state index in [0.29, 0.717) is 17.5 Å². The Balaban J connectivity index is 2.13. The average Bonchev–Trinajstić information content (AvgIpc) is 2.91. The first-order valence-corrected chi connectivity index (χ1v) is 7.48. The lowest BCUT2D eigenvalue weighted by Crippen LogP contribution is -2.38. The fraction of sp³-hybridized carbons (Fsp3) is 0.667. The molecule has 2 heterocycles. The van der Waals surface area contributed by atoms with Gasteiger partial charge in [0.2, 0.25) is 11.8 Å². The number of hydrogen-bond donors (Lipinski definition) is 1. The second kappa shape index (κ2) is 5.92. The van der Waals surface area contributed by atoms with Gasteiger partial charge in [-0.25, -0.2) is 0 Å². The summed E-state index contributed by atoms with van der Waals surface area (Å²) in [5, 5.41) is 8.16. The third-order valence-electron chi connectivity index (χ3n) is 3.53. The fourth-order valence-electron chi connectivity index (χ4n) is 2.11. The third-order valence-corrected chi connectivity index (χ3v) is 4.75. The molecule has 8 heteroatoms. The lowest BCUT2D eigenvalue weighted by Gasteiger charge is -2.21. The first kappa shape index (κ1) is 15.0. The fourth-order valence-corrected chi connectivity index (χ4v) is 3.16. The molecule has 1 aliphatic rings. The quantitative estimate of drug-likeness (QED) is 0.785. The van der Waals surface area contributed by atoms with Crippen LogP contribution in [0.5, 0.6) is 0 Å². The Bertz CT molecular complexity index is 530. The van der Waals surface area contributed by atoms with Gasteiger partial charge in [0, 0.05) is 19.5 Å². The van der Waals surface area contributed by atoms with E-state index in [2.05, 4.69) is 10.2 Å². The zero-order valence-electron chi connectivity index (χ0n) is 11.9. The molecule has 1 aromatic heterocycles. The Hall–Kier alpha value is -1.41. The Labute approximate surface area is 121 Å². The molecule has 2 atom stereocenters.